The van der Waals surface area contributed by atoms with E-state index in [-0.39, 0.29) is 11.9 Å². The van der Waals surface area contributed by atoms with E-state index in [4.69, 9.17) is 0 Å². The Morgan fingerprint density at radius 1 is 0.839 bits per heavy atom. The summed E-state index contributed by atoms with van der Waals surface area (Å²) in [5.74, 6) is -0.0151. The highest BCUT2D eigenvalue weighted by Gasteiger charge is 2.20. The number of anilines is 1. The third kappa shape index (κ3) is 5.74. The molecule has 1 fully saturated rings. The van der Waals surface area contributed by atoms with E-state index in [2.05, 4.69) is 58.4 Å². The van der Waals surface area contributed by atoms with E-state index in [0.717, 1.165) is 44.7 Å². The molecule has 4 rings (SSSR count). The number of nitrogens with zero attached hydrogens (tertiary/aromatic N) is 2. The van der Waals surface area contributed by atoms with Gasteiger partial charge in [0.2, 0.25) is 0 Å². The molecular formula is C27H31N3O. The van der Waals surface area contributed by atoms with Crippen molar-refractivity contribution in [1.82, 2.24) is 10.2 Å². The number of benzene rings is 3. The van der Waals surface area contributed by atoms with Crippen molar-refractivity contribution in [2.45, 2.75) is 19.4 Å². The van der Waals surface area contributed by atoms with Gasteiger partial charge >= 0.3 is 0 Å². The maximum atomic E-state index is 12.8. The molecule has 1 saturated heterocycles. The predicted molar refractivity (Wildman–Crippen MR) is 128 cm³/mol. The topological polar surface area (TPSA) is 35.6 Å². The van der Waals surface area contributed by atoms with Crippen LogP contribution in [0.25, 0.3) is 0 Å². The van der Waals surface area contributed by atoms with Gasteiger partial charge in [-0.15, -0.1) is 0 Å². The van der Waals surface area contributed by atoms with Gasteiger partial charge in [-0.2, -0.15) is 0 Å². The lowest BCUT2D eigenvalue weighted by Gasteiger charge is -2.36. The van der Waals surface area contributed by atoms with Crippen molar-refractivity contribution in [3.05, 3.63) is 102 Å². The summed E-state index contributed by atoms with van der Waals surface area (Å²) in [5.41, 5.74) is 4.47. The first-order chi connectivity index (χ1) is 15.2. The summed E-state index contributed by atoms with van der Waals surface area (Å²) >= 11 is 0. The summed E-state index contributed by atoms with van der Waals surface area (Å²) < 4.78 is 0. The van der Waals surface area contributed by atoms with Gasteiger partial charge in [0.1, 0.15) is 0 Å². The van der Waals surface area contributed by atoms with Gasteiger partial charge in [0.25, 0.3) is 5.91 Å². The molecule has 1 N–H and O–H groups in total. The van der Waals surface area contributed by atoms with Crippen LogP contribution in [0.2, 0.25) is 0 Å². The molecular weight excluding hydrogens is 382 g/mol. The van der Waals surface area contributed by atoms with E-state index in [1.54, 1.807) is 0 Å². The Hall–Kier alpha value is -3.11. The van der Waals surface area contributed by atoms with E-state index in [1.165, 1.54) is 11.3 Å². The number of aryl methyl sites for hydroxylation is 1. The smallest absolute Gasteiger partial charge is 0.251 e. The van der Waals surface area contributed by atoms with E-state index in [1.807, 2.05) is 48.5 Å². The molecule has 0 radical (unpaired) electrons. The van der Waals surface area contributed by atoms with E-state index >= 15 is 0 Å². The summed E-state index contributed by atoms with van der Waals surface area (Å²) in [7, 11) is 0. The average Bonchev–Trinajstić information content (AvgIpc) is 2.83. The number of hydrogen-bond donors (Lipinski definition) is 1. The zero-order valence-electron chi connectivity index (χ0n) is 18.2. The molecule has 1 heterocycles. The summed E-state index contributed by atoms with van der Waals surface area (Å²) in [4.78, 5) is 17.7. The Morgan fingerprint density at radius 3 is 2.10 bits per heavy atom. The minimum absolute atomic E-state index is 0.00374. The lowest BCUT2D eigenvalue weighted by atomic mass is 10.0. The van der Waals surface area contributed by atoms with Gasteiger partial charge in [-0.1, -0.05) is 66.2 Å². The fraction of sp³-hybridized carbons (Fsp3) is 0.296. The van der Waals surface area contributed by atoms with Crippen LogP contribution in [-0.4, -0.2) is 43.5 Å². The van der Waals surface area contributed by atoms with Crippen LogP contribution in [0.4, 0.5) is 5.69 Å². The molecule has 1 unspecified atom stereocenters. The Bertz CT molecular complexity index is 949. The molecule has 0 spiro atoms. The third-order valence-corrected chi connectivity index (χ3v) is 6.05. The quantitative estimate of drug-likeness (QED) is 0.611. The first kappa shape index (κ1) is 21.1. The van der Waals surface area contributed by atoms with Crippen LogP contribution in [0.15, 0.2) is 84.9 Å². The number of piperazine rings is 1. The Morgan fingerprint density at radius 2 is 1.45 bits per heavy atom. The zero-order valence-corrected chi connectivity index (χ0v) is 18.2. The lowest BCUT2D eigenvalue weighted by molar-refractivity contribution is 0.0931. The van der Waals surface area contributed by atoms with Gasteiger partial charge in [0.05, 0.1) is 6.04 Å². The van der Waals surface area contributed by atoms with Crippen LogP contribution >= 0.6 is 0 Å². The van der Waals surface area contributed by atoms with Gasteiger partial charge in [-0.05, 0) is 43.2 Å². The van der Waals surface area contributed by atoms with Crippen molar-refractivity contribution >= 4 is 11.6 Å². The molecule has 0 bridgehead atoms. The number of rotatable bonds is 7. The fourth-order valence-corrected chi connectivity index (χ4v) is 4.14. The van der Waals surface area contributed by atoms with Gasteiger partial charge < -0.3 is 10.2 Å². The van der Waals surface area contributed by atoms with Crippen molar-refractivity contribution in [2.24, 2.45) is 0 Å². The monoisotopic (exact) mass is 413 g/mol. The molecule has 160 valence electrons. The van der Waals surface area contributed by atoms with Crippen molar-refractivity contribution in [2.75, 3.05) is 37.6 Å². The van der Waals surface area contributed by atoms with Crippen LogP contribution in [0, 0.1) is 6.92 Å². The number of carbonyl (C=O) groups excluding carboxylic acids is 1. The number of carbonyl (C=O) groups is 1. The molecule has 4 nitrogen and oxygen atoms in total. The van der Waals surface area contributed by atoms with Gasteiger partial charge in [-0.25, -0.2) is 0 Å². The molecule has 1 aliphatic rings. The molecule has 31 heavy (non-hydrogen) atoms. The molecule has 0 saturated carbocycles. The van der Waals surface area contributed by atoms with Gasteiger partial charge in [0.15, 0.2) is 0 Å². The SMILES string of the molecule is Cc1ccc(N2CCN(CCC(NC(=O)c3ccccc3)c3ccccc3)CC2)cc1. The lowest BCUT2D eigenvalue weighted by Crippen LogP contribution is -2.47. The highest BCUT2D eigenvalue weighted by molar-refractivity contribution is 5.94. The molecule has 1 aliphatic heterocycles. The van der Waals surface area contributed by atoms with Crippen molar-refractivity contribution in [3.8, 4) is 0 Å². The molecule has 4 heteroatoms. The van der Waals surface area contributed by atoms with E-state index in [0.29, 0.717) is 5.56 Å². The largest absolute Gasteiger partial charge is 0.369 e. The highest BCUT2D eigenvalue weighted by Crippen LogP contribution is 2.20. The fourth-order valence-electron chi connectivity index (χ4n) is 4.14. The molecule has 0 aliphatic carbocycles. The Balaban J connectivity index is 1.34. The first-order valence-corrected chi connectivity index (χ1v) is 11.1. The maximum Gasteiger partial charge on any atom is 0.251 e. The van der Waals surface area contributed by atoms with Crippen LogP contribution < -0.4 is 10.2 Å². The predicted octanol–water partition coefficient (Wildman–Crippen LogP) is 4.68. The molecule has 3 aromatic carbocycles. The Labute approximate surface area is 185 Å². The summed E-state index contributed by atoms with van der Waals surface area (Å²) in [6.07, 6.45) is 0.896. The number of amides is 1. The van der Waals surface area contributed by atoms with Crippen LogP contribution in [-0.2, 0) is 0 Å². The second-order valence-electron chi connectivity index (χ2n) is 8.26. The van der Waals surface area contributed by atoms with E-state index in [9.17, 15) is 4.79 Å². The van der Waals surface area contributed by atoms with Gasteiger partial charge in [-0.3, -0.25) is 9.69 Å². The summed E-state index contributed by atoms with van der Waals surface area (Å²) in [5, 5.41) is 3.25. The summed E-state index contributed by atoms with van der Waals surface area (Å²) in [6.45, 7) is 7.26. The zero-order chi connectivity index (χ0) is 21.5. The van der Waals surface area contributed by atoms with Crippen LogP contribution in [0.1, 0.15) is 33.9 Å². The van der Waals surface area contributed by atoms with Crippen LogP contribution in [0.3, 0.4) is 0 Å². The van der Waals surface area contributed by atoms with Gasteiger partial charge in [0, 0.05) is 44.0 Å². The van der Waals surface area contributed by atoms with E-state index < -0.39 is 0 Å². The number of hydrogen-bond acceptors (Lipinski definition) is 3. The molecule has 1 amide bonds. The third-order valence-electron chi connectivity index (χ3n) is 6.05. The standard InChI is InChI=1S/C27H31N3O/c1-22-12-14-25(15-13-22)30-20-18-29(19-21-30)17-16-26(23-8-4-2-5-9-23)28-27(31)24-10-6-3-7-11-24/h2-15,26H,16-21H2,1H3,(H,28,31). The van der Waals surface area contributed by atoms with Crippen molar-refractivity contribution < 1.29 is 4.79 Å². The minimum atomic E-state index is -0.0151. The van der Waals surface area contributed by atoms with Crippen molar-refractivity contribution in [1.29, 1.82) is 0 Å². The minimum Gasteiger partial charge on any atom is -0.369 e. The van der Waals surface area contributed by atoms with Crippen LogP contribution in [0.5, 0.6) is 0 Å². The first-order valence-electron chi connectivity index (χ1n) is 11.1. The average molecular weight is 414 g/mol. The second-order valence-corrected chi connectivity index (χ2v) is 8.26. The van der Waals surface area contributed by atoms with Crippen molar-refractivity contribution in [3.63, 3.8) is 0 Å². The molecule has 3 aromatic rings. The second kappa shape index (κ2) is 10.3. The Kier molecular flexibility index (Phi) is 7.00. The highest BCUT2D eigenvalue weighted by atomic mass is 16.1. The summed E-state index contributed by atoms with van der Waals surface area (Å²) in [6, 6.07) is 28.6. The molecule has 1 atom stereocenters. The normalized spacial score (nSPS) is 15.5. The molecule has 0 aromatic heterocycles. The maximum absolute atomic E-state index is 12.8. The number of nitrogens with one attached hydrogen (secondary N) is 1.